The number of benzene rings is 1. The molecule has 0 bridgehead atoms. The summed E-state index contributed by atoms with van der Waals surface area (Å²) in [6.45, 7) is 8.85. The third kappa shape index (κ3) is 3.72. The van der Waals surface area contributed by atoms with Gasteiger partial charge in [0.1, 0.15) is 6.04 Å². The van der Waals surface area contributed by atoms with Crippen LogP contribution in [0.3, 0.4) is 0 Å². The Balaban J connectivity index is 1.67. The molecule has 9 heteroatoms. The fourth-order valence-electron chi connectivity index (χ4n) is 3.40. The number of aromatic amines is 1. The van der Waals surface area contributed by atoms with E-state index in [0.717, 1.165) is 27.4 Å². The van der Waals surface area contributed by atoms with Crippen LogP contribution in [0.5, 0.6) is 0 Å². The molecule has 3 heterocycles. The van der Waals surface area contributed by atoms with E-state index in [0.29, 0.717) is 11.3 Å². The van der Waals surface area contributed by atoms with E-state index >= 15 is 0 Å². The standard InChI is InChI=1S/C20H22BrN7S/c1-12-5-7-16(8-6-12)10-26-11-17(9-22-26)27-19(23-24-20(27)29)15(4)28-14(3)18(21)13(2)25-28/h5-9,11,15H,10H2,1-4H3,(H,24,29)/t15-/m1/s1. The third-order valence-corrected chi connectivity index (χ3v) is 6.44. The van der Waals surface area contributed by atoms with Gasteiger partial charge in [-0.25, -0.2) is 0 Å². The fourth-order valence-corrected chi connectivity index (χ4v) is 3.91. The highest BCUT2D eigenvalue weighted by Crippen LogP contribution is 2.26. The largest absolute Gasteiger partial charge is 0.267 e. The topological polar surface area (TPSA) is 69.2 Å². The van der Waals surface area contributed by atoms with Gasteiger partial charge in [-0.3, -0.25) is 19.0 Å². The van der Waals surface area contributed by atoms with Crippen LogP contribution in [0.2, 0.25) is 0 Å². The first-order chi connectivity index (χ1) is 13.8. The first-order valence-electron chi connectivity index (χ1n) is 9.32. The summed E-state index contributed by atoms with van der Waals surface area (Å²) in [7, 11) is 0. The number of aromatic nitrogens is 7. The highest BCUT2D eigenvalue weighted by Gasteiger charge is 2.22. The lowest BCUT2D eigenvalue weighted by Crippen LogP contribution is -2.15. The van der Waals surface area contributed by atoms with E-state index in [1.54, 1.807) is 0 Å². The van der Waals surface area contributed by atoms with Gasteiger partial charge in [0.05, 0.1) is 34.3 Å². The summed E-state index contributed by atoms with van der Waals surface area (Å²) in [5.74, 6) is 0.781. The zero-order chi connectivity index (χ0) is 20.7. The van der Waals surface area contributed by atoms with E-state index in [1.807, 2.05) is 40.2 Å². The summed E-state index contributed by atoms with van der Waals surface area (Å²) in [4.78, 5) is 0. The van der Waals surface area contributed by atoms with Gasteiger partial charge in [0, 0.05) is 6.20 Å². The molecule has 0 aliphatic heterocycles. The predicted molar refractivity (Wildman–Crippen MR) is 118 cm³/mol. The van der Waals surface area contributed by atoms with Crippen LogP contribution in [0.25, 0.3) is 5.69 Å². The van der Waals surface area contributed by atoms with Gasteiger partial charge in [-0.1, -0.05) is 29.8 Å². The van der Waals surface area contributed by atoms with Crippen molar-refractivity contribution in [2.75, 3.05) is 0 Å². The molecular weight excluding hydrogens is 450 g/mol. The van der Waals surface area contributed by atoms with Gasteiger partial charge >= 0.3 is 0 Å². The molecule has 0 aliphatic rings. The minimum absolute atomic E-state index is 0.103. The van der Waals surface area contributed by atoms with Gasteiger partial charge in [0.25, 0.3) is 0 Å². The second-order valence-electron chi connectivity index (χ2n) is 7.21. The van der Waals surface area contributed by atoms with Gasteiger partial charge in [0.15, 0.2) is 10.6 Å². The third-order valence-electron chi connectivity index (χ3n) is 5.02. The van der Waals surface area contributed by atoms with Crippen LogP contribution in [0, 0.1) is 25.5 Å². The van der Waals surface area contributed by atoms with Crippen molar-refractivity contribution in [2.45, 2.75) is 40.3 Å². The summed E-state index contributed by atoms with van der Waals surface area (Å²) in [6.07, 6.45) is 3.80. The normalized spacial score (nSPS) is 12.4. The molecule has 0 radical (unpaired) electrons. The highest BCUT2D eigenvalue weighted by molar-refractivity contribution is 9.10. The Labute approximate surface area is 182 Å². The van der Waals surface area contributed by atoms with E-state index < -0.39 is 0 Å². The van der Waals surface area contributed by atoms with Crippen LogP contribution in [0.1, 0.15) is 41.3 Å². The van der Waals surface area contributed by atoms with Crippen molar-refractivity contribution in [1.29, 1.82) is 0 Å². The Kier molecular flexibility index (Phi) is 5.26. The van der Waals surface area contributed by atoms with Crippen molar-refractivity contribution in [1.82, 2.24) is 34.3 Å². The van der Waals surface area contributed by atoms with Crippen LogP contribution in [0.4, 0.5) is 0 Å². The lowest BCUT2D eigenvalue weighted by molar-refractivity contribution is 0.512. The van der Waals surface area contributed by atoms with Gasteiger partial charge in [-0.15, -0.1) is 0 Å². The van der Waals surface area contributed by atoms with Crippen molar-refractivity contribution < 1.29 is 0 Å². The van der Waals surface area contributed by atoms with E-state index in [2.05, 4.69) is 74.4 Å². The maximum atomic E-state index is 5.51. The number of aryl methyl sites for hydroxylation is 2. The van der Waals surface area contributed by atoms with Crippen LogP contribution in [-0.4, -0.2) is 34.3 Å². The van der Waals surface area contributed by atoms with E-state index in [-0.39, 0.29) is 6.04 Å². The average molecular weight is 472 g/mol. The molecule has 0 amide bonds. The predicted octanol–water partition coefficient (Wildman–Crippen LogP) is 4.67. The Morgan fingerprint density at radius 2 is 1.90 bits per heavy atom. The summed E-state index contributed by atoms with van der Waals surface area (Å²) in [5.41, 5.74) is 5.31. The van der Waals surface area contributed by atoms with Crippen molar-refractivity contribution in [2.24, 2.45) is 0 Å². The number of nitrogens with one attached hydrogen (secondary N) is 1. The molecule has 4 aromatic rings. The highest BCUT2D eigenvalue weighted by atomic mass is 79.9. The first-order valence-corrected chi connectivity index (χ1v) is 10.5. The van der Waals surface area contributed by atoms with E-state index in [4.69, 9.17) is 12.2 Å². The Hall–Kier alpha value is -2.52. The minimum Gasteiger partial charge on any atom is -0.267 e. The van der Waals surface area contributed by atoms with Crippen molar-refractivity contribution in [3.8, 4) is 5.69 Å². The molecule has 150 valence electrons. The smallest absolute Gasteiger partial charge is 0.200 e. The average Bonchev–Trinajstić information content (AvgIpc) is 3.38. The lowest BCUT2D eigenvalue weighted by atomic mass is 10.1. The van der Waals surface area contributed by atoms with Crippen LogP contribution in [-0.2, 0) is 6.54 Å². The van der Waals surface area contributed by atoms with Gasteiger partial charge < -0.3 is 0 Å². The van der Waals surface area contributed by atoms with Crippen LogP contribution < -0.4 is 0 Å². The van der Waals surface area contributed by atoms with Crippen molar-refractivity contribution in [3.05, 3.63) is 74.2 Å². The van der Waals surface area contributed by atoms with Gasteiger partial charge in [-0.05, 0) is 61.4 Å². The molecule has 29 heavy (non-hydrogen) atoms. The molecule has 0 aliphatic carbocycles. The summed E-state index contributed by atoms with van der Waals surface area (Å²) >= 11 is 9.11. The molecule has 1 N–H and O–H groups in total. The first kappa shape index (κ1) is 19.8. The maximum absolute atomic E-state index is 5.51. The quantitative estimate of drug-likeness (QED) is 0.429. The van der Waals surface area contributed by atoms with Crippen molar-refractivity contribution >= 4 is 28.1 Å². The summed E-state index contributed by atoms with van der Waals surface area (Å²) in [5, 5.41) is 16.6. The molecular formula is C20H22BrN7S. The second kappa shape index (κ2) is 7.72. The Morgan fingerprint density at radius 3 is 2.55 bits per heavy atom. The number of H-pyrrole nitrogens is 1. The molecule has 0 saturated carbocycles. The molecule has 0 spiro atoms. The molecule has 0 fully saturated rings. The lowest BCUT2D eigenvalue weighted by Gasteiger charge is -2.14. The second-order valence-corrected chi connectivity index (χ2v) is 8.39. The number of rotatable bonds is 5. The molecule has 1 aromatic carbocycles. The Bertz CT molecular complexity index is 1210. The van der Waals surface area contributed by atoms with Gasteiger partial charge in [0.2, 0.25) is 0 Å². The summed E-state index contributed by atoms with van der Waals surface area (Å²) in [6, 6.07) is 8.35. The number of hydrogen-bond donors (Lipinski definition) is 1. The van der Waals surface area contributed by atoms with Crippen molar-refractivity contribution in [3.63, 3.8) is 0 Å². The van der Waals surface area contributed by atoms with Crippen LogP contribution in [0.15, 0.2) is 41.1 Å². The SMILES string of the molecule is Cc1ccc(Cn2cc(-n3c([C@@H](C)n4nc(C)c(Br)c4C)n[nH]c3=S)cn2)cc1. The van der Waals surface area contributed by atoms with E-state index in [9.17, 15) is 0 Å². The fraction of sp³-hybridized carbons (Fsp3) is 0.300. The Morgan fingerprint density at radius 1 is 1.17 bits per heavy atom. The molecule has 3 aromatic heterocycles. The zero-order valence-corrected chi connectivity index (χ0v) is 19.1. The minimum atomic E-state index is -0.103. The monoisotopic (exact) mass is 471 g/mol. The van der Waals surface area contributed by atoms with Gasteiger partial charge in [-0.2, -0.15) is 15.3 Å². The number of halogens is 1. The number of nitrogens with zero attached hydrogens (tertiary/aromatic N) is 6. The molecule has 0 saturated heterocycles. The summed E-state index contributed by atoms with van der Waals surface area (Å²) < 4.78 is 7.32. The van der Waals surface area contributed by atoms with E-state index in [1.165, 1.54) is 11.1 Å². The zero-order valence-electron chi connectivity index (χ0n) is 16.7. The molecule has 1 atom stereocenters. The van der Waals surface area contributed by atoms with Crippen LogP contribution >= 0.6 is 28.1 Å². The molecule has 4 rings (SSSR count). The molecule has 0 unspecified atom stereocenters. The molecule has 7 nitrogen and oxygen atoms in total. The maximum Gasteiger partial charge on any atom is 0.200 e. The number of hydrogen-bond acceptors (Lipinski definition) is 4.